The van der Waals surface area contributed by atoms with Crippen LogP contribution in [0.3, 0.4) is 0 Å². The highest BCUT2D eigenvalue weighted by atomic mass is 16.1. The molecule has 2 aliphatic carbocycles. The summed E-state index contributed by atoms with van der Waals surface area (Å²) in [6.45, 7) is 4.37. The van der Waals surface area contributed by atoms with E-state index < -0.39 is 0 Å². The molecule has 1 heterocycles. The van der Waals surface area contributed by atoms with Gasteiger partial charge in [-0.1, -0.05) is 13.3 Å². The van der Waals surface area contributed by atoms with Crippen molar-refractivity contribution < 1.29 is 4.79 Å². The van der Waals surface area contributed by atoms with Crippen LogP contribution in [0.2, 0.25) is 0 Å². The van der Waals surface area contributed by atoms with E-state index in [4.69, 9.17) is 5.73 Å². The highest BCUT2D eigenvalue weighted by Crippen LogP contribution is 2.74. The summed E-state index contributed by atoms with van der Waals surface area (Å²) < 4.78 is 0. The van der Waals surface area contributed by atoms with E-state index in [9.17, 15) is 4.79 Å². The molecule has 3 atom stereocenters. The van der Waals surface area contributed by atoms with Gasteiger partial charge in [-0.05, 0) is 30.7 Å². The van der Waals surface area contributed by atoms with Crippen molar-refractivity contribution in [1.29, 1.82) is 0 Å². The summed E-state index contributed by atoms with van der Waals surface area (Å²) in [6, 6.07) is 0. The number of carbonyl (C=O) groups is 1. The van der Waals surface area contributed by atoms with Crippen LogP contribution in [0.15, 0.2) is 0 Å². The first kappa shape index (κ1) is 8.72. The fourth-order valence-corrected chi connectivity index (χ4v) is 4.16. The Morgan fingerprint density at radius 2 is 2.21 bits per heavy atom. The van der Waals surface area contributed by atoms with E-state index in [1.54, 1.807) is 0 Å². The minimum atomic E-state index is -0.0652. The van der Waals surface area contributed by atoms with Crippen LogP contribution in [-0.4, -0.2) is 19.0 Å². The second kappa shape index (κ2) is 2.32. The lowest BCUT2D eigenvalue weighted by Crippen LogP contribution is -2.42. The van der Waals surface area contributed by atoms with Crippen molar-refractivity contribution in [2.75, 3.05) is 13.1 Å². The third-order valence-electron chi connectivity index (χ3n) is 5.18. The molecule has 3 fully saturated rings. The normalized spacial score (nSPS) is 48.1. The van der Waals surface area contributed by atoms with Gasteiger partial charge < -0.3 is 11.1 Å². The average molecular weight is 194 g/mol. The number of amides is 1. The highest BCUT2D eigenvalue weighted by Gasteiger charge is 2.76. The van der Waals surface area contributed by atoms with Crippen molar-refractivity contribution in [3.8, 4) is 0 Å². The minimum absolute atomic E-state index is 0.0652. The Morgan fingerprint density at radius 1 is 1.50 bits per heavy atom. The molecule has 0 spiro atoms. The second-order valence-corrected chi connectivity index (χ2v) is 5.57. The van der Waals surface area contributed by atoms with Gasteiger partial charge in [-0.2, -0.15) is 0 Å². The Labute approximate surface area is 84.4 Å². The molecule has 0 bridgehead atoms. The van der Waals surface area contributed by atoms with E-state index in [0.717, 1.165) is 13.1 Å². The van der Waals surface area contributed by atoms with Gasteiger partial charge in [-0.15, -0.1) is 0 Å². The minimum Gasteiger partial charge on any atom is -0.369 e. The molecule has 1 aliphatic heterocycles. The SMILES string of the molecule is CC1(C23CNCC2C3C(N)=O)CCC1. The van der Waals surface area contributed by atoms with E-state index in [2.05, 4.69) is 12.2 Å². The monoisotopic (exact) mass is 194 g/mol. The van der Waals surface area contributed by atoms with Crippen molar-refractivity contribution in [1.82, 2.24) is 5.32 Å². The lowest BCUT2D eigenvalue weighted by atomic mass is 9.59. The second-order valence-electron chi connectivity index (χ2n) is 5.57. The molecule has 2 saturated carbocycles. The predicted molar refractivity (Wildman–Crippen MR) is 53.4 cm³/mol. The Bertz CT molecular complexity index is 298. The largest absolute Gasteiger partial charge is 0.369 e. The van der Waals surface area contributed by atoms with Gasteiger partial charge in [0.1, 0.15) is 0 Å². The molecule has 3 aliphatic rings. The van der Waals surface area contributed by atoms with Gasteiger partial charge in [-0.25, -0.2) is 0 Å². The van der Waals surface area contributed by atoms with Crippen LogP contribution in [0.4, 0.5) is 0 Å². The Kier molecular flexibility index (Phi) is 1.45. The molecular formula is C11H18N2O. The summed E-state index contributed by atoms with van der Waals surface area (Å²) in [4.78, 5) is 11.4. The standard InChI is InChI=1S/C11H18N2O/c1-10(3-2-4-10)11-6-13-5-7(11)8(11)9(12)14/h7-8,13H,2-6H2,1H3,(H2,12,14). The third kappa shape index (κ3) is 0.724. The number of primary amides is 1. The molecule has 0 aromatic carbocycles. The Balaban J connectivity index is 1.92. The zero-order valence-electron chi connectivity index (χ0n) is 8.68. The van der Waals surface area contributed by atoms with E-state index in [-0.39, 0.29) is 17.2 Å². The fraction of sp³-hybridized carbons (Fsp3) is 0.909. The topological polar surface area (TPSA) is 55.1 Å². The number of carbonyl (C=O) groups excluding carboxylic acids is 1. The predicted octanol–water partition coefficient (Wildman–Crippen LogP) is 0.497. The van der Waals surface area contributed by atoms with Gasteiger partial charge in [0, 0.05) is 12.0 Å². The van der Waals surface area contributed by atoms with Gasteiger partial charge in [-0.3, -0.25) is 4.79 Å². The number of hydrogen-bond donors (Lipinski definition) is 2. The van der Waals surface area contributed by atoms with Crippen LogP contribution < -0.4 is 11.1 Å². The lowest BCUT2D eigenvalue weighted by molar-refractivity contribution is -0.121. The smallest absolute Gasteiger partial charge is 0.221 e. The Hall–Kier alpha value is -0.570. The summed E-state index contributed by atoms with van der Waals surface area (Å²) in [5.41, 5.74) is 6.13. The number of fused-ring (bicyclic) bond motifs is 1. The zero-order valence-corrected chi connectivity index (χ0v) is 8.68. The molecule has 14 heavy (non-hydrogen) atoms. The number of nitrogens with two attached hydrogens (primary N) is 1. The summed E-state index contributed by atoms with van der Waals surface area (Å²) in [5.74, 6) is 0.656. The van der Waals surface area contributed by atoms with Gasteiger partial charge in [0.25, 0.3) is 0 Å². The summed E-state index contributed by atoms with van der Waals surface area (Å²) in [5, 5.41) is 3.41. The maximum atomic E-state index is 11.4. The van der Waals surface area contributed by atoms with E-state index in [1.165, 1.54) is 19.3 Å². The van der Waals surface area contributed by atoms with Crippen LogP contribution in [0, 0.1) is 22.7 Å². The quantitative estimate of drug-likeness (QED) is 0.672. The molecule has 3 nitrogen and oxygen atoms in total. The molecule has 3 unspecified atom stereocenters. The molecule has 0 radical (unpaired) electrons. The van der Waals surface area contributed by atoms with Crippen molar-refractivity contribution in [3.63, 3.8) is 0 Å². The summed E-state index contributed by atoms with van der Waals surface area (Å²) >= 11 is 0. The summed E-state index contributed by atoms with van der Waals surface area (Å²) in [7, 11) is 0. The van der Waals surface area contributed by atoms with Gasteiger partial charge in [0.2, 0.25) is 5.91 Å². The molecule has 3 heteroatoms. The van der Waals surface area contributed by atoms with Crippen LogP contribution in [0.5, 0.6) is 0 Å². The number of rotatable bonds is 2. The van der Waals surface area contributed by atoms with Crippen LogP contribution in [-0.2, 0) is 4.79 Å². The third-order valence-corrected chi connectivity index (χ3v) is 5.18. The molecule has 1 saturated heterocycles. The molecule has 3 N–H and O–H groups in total. The first-order valence-corrected chi connectivity index (χ1v) is 5.62. The van der Waals surface area contributed by atoms with Crippen LogP contribution in [0.25, 0.3) is 0 Å². The first-order chi connectivity index (χ1) is 6.62. The van der Waals surface area contributed by atoms with Crippen molar-refractivity contribution in [3.05, 3.63) is 0 Å². The fourth-order valence-electron chi connectivity index (χ4n) is 4.16. The Morgan fingerprint density at radius 3 is 2.64 bits per heavy atom. The van der Waals surface area contributed by atoms with Gasteiger partial charge >= 0.3 is 0 Å². The van der Waals surface area contributed by atoms with Crippen LogP contribution in [0.1, 0.15) is 26.2 Å². The van der Waals surface area contributed by atoms with Crippen LogP contribution >= 0.6 is 0 Å². The van der Waals surface area contributed by atoms with Crippen molar-refractivity contribution in [2.45, 2.75) is 26.2 Å². The molecule has 3 rings (SSSR count). The van der Waals surface area contributed by atoms with E-state index in [1.807, 2.05) is 0 Å². The van der Waals surface area contributed by atoms with Gasteiger partial charge in [0.05, 0.1) is 5.92 Å². The maximum absolute atomic E-state index is 11.4. The highest BCUT2D eigenvalue weighted by molar-refractivity contribution is 5.82. The molecule has 0 aromatic rings. The van der Waals surface area contributed by atoms with E-state index >= 15 is 0 Å². The number of nitrogens with one attached hydrogen (secondary N) is 1. The van der Waals surface area contributed by atoms with Gasteiger partial charge in [0.15, 0.2) is 0 Å². The average Bonchev–Trinajstić information content (AvgIpc) is 2.55. The summed E-state index contributed by atoms with van der Waals surface area (Å²) in [6.07, 6.45) is 3.90. The lowest BCUT2D eigenvalue weighted by Gasteiger charge is -2.46. The maximum Gasteiger partial charge on any atom is 0.221 e. The molecular weight excluding hydrogens is 176 g/mol. The van der Waals surface area contributed by atoms with Crippen molar-refractivity contribution >= 4 is 5.91 Å². The molecule has 1 amide bonds. The van der Waals surface area contributed by atoms with E-state index in [0.29, 0.717) is 11.3 Å². The number of piperidine rings is 1. The zero-order chi connectivity index (χ0) is 9.97. The molecule has 78 valence electrons. The molecule has 0 aromatic heterocycles. The van der Waals surface area contributed by atoms with Crippen molar-refractivity contribution in [2.24, 2.45) is 28.4 Å². The number of hydrogen-bond acceptors (Lipinski definition) is 2. The first-order valence-electron chi connectivity index (χ1n) is 5.62.